The van der Waals surface area contributed by atoms with Gasteiger partial charge in [-0.2, -0.15) is 5.26 Å². The van der Waals surface area contributed by atoms with Gasteiger partial charge in [0.2, 0.25) is 5.88 Å². The van der Waals surface area contributed by atoms with E-state index in [9.17, 15) is 10.1 Å². The number of nitriles is 1. The molecule has 2 aliphatic rings. The first-order valence-electron chi connectivity index (χ1n) is 9.08. The minimum absolute atomic E-state index is 0.0372. The van der Waals surface area contributed by atoms with Crippen LogP contribution in [0.2, 0.25) is 0 Å². The standard InChI is InChI=1S/C21H21N3O3/c1-13-10-17-19(21(25)24(13)12-15-8-5-9-26-15)18(14-6-3-2-4-7-14)16(11-22)20(23)27-17/h2-4,6-7,10,15,18H,5,8-9,12,23H2,1H3. The molecule has 6 nitrogen and oxygen atoms in total. The normalized spacial score (nSPS) is 21.5. The maximum Gasteiger partial charge on any atom is 0.258 e. The summed E-state index contributed by atoms with van der Waals surface area (Å²) in [4.78, 5) is 13.4. The largest absolute Gasteiger partial charge is 0.440 e. The third kappa shape index (κ3) is 3.00. The Balaban J connectivity index is 1.89. The molecule has 2 atom stereocenters. The van der Waals surface area contributed by atoms with E-state index in [0.717, 1.165) is 30.7 Å². The number of hydrogen-bond donors (Lipinski definition) is 1. The molecule has 3 heterocycles. The van der Waals surface area contributed by atoms with E-state index >= 15 is 0 Å². The fourth-order valence-electron chi connectivity index (χ4n) is 3.88. The van der Waals surface area contributed by atoms with E-state index in [2.05, 4.69) is 6.07 Å². The lowest BCUT2D eigenvalue weighted by Gasteiger charge is -2.27. The molecule has 0 radical (unpaired) electrons. The summed E-state index contributed by atoms with van der Waals surface area (Å²) in [6.07, 6.45) is 1.99. The van der Waals surface area contributed by atoms with Gasteiger partial charge >= 0.3 is 0 Å². The lowest BCUT2D eigenvalue weighted by atomic mass is 9.84. The number of aromatic nitrogens is 1. The van der Waals surface area contributed by atoms with Gasteiger partial charge in [0.05, 0.1) is 24.1 Å². The first-order valence-corrected chi connectivity index (χ1v) is 9.08. The number of aryl methyl sites for hydroxylation is 1. The zero-order valence-corrected chi connectivity index (χ0v) is 15.1. The van der Waals surface area contributed by atoms with E-state index in [4.69, 9.17) is 15.2 Å². The first kappa shape index (κ1) is 17.4. The van der Waals surface area contributed by atoms with Crippen molar-refractivity contribution >= 4 is 0 Å². The van der Waals surface area contributed by atoms with E-state index in [1.807, 2.05) is 43.3 Å². The first-order chi connectivity index (χ1) is 13.1. The summed E-state index contributed by atoms with van der Waals surface area (Å²) in [7, 11) is 0. The monoisotopic (exact) mass is 363 g/mol. The molecule has 2 aliphatic heterocycles. The molecule has 0 spiro atoms. The van der Waals surface area contributed by atoms with Crippen LogP contribution in [0.15, 0.2) is 52.6 Å². The number of hydrogen-bond acceptors (Lipinski definition) is 5. The van der Waals surface area contributed by atoms with Crippen LogP contribution in [0.1, 0.15) is 35.6 Å². The number of allylic oxidation sites excluding steroid dienone is 1. The van der Waals surface area contributed by atoms with Crippen LogP contribution in [0.25, 0.3) is 0 Å². The van der Waals surface area contributed by atoms with Crippen LogP contribution < -0.4 is 16.0 Å². The van der Waals surface area contributed by atoms with Gasteiger partial charge in [0.1, 0.15) is 17.4 Å². The quantitative estimate of drug-likeness (QED) is 0.905. The maximum atomic E-state index is 13.4. The molecule has 0 bridgehead atoms. The molecule has 2 unspecified atom stereocenters. The van der Waals surface area contributed by atoms with Crippen LogP contribution in [-0.2, 0) is 11.3 Å². The Morgan fingerprint density at radius 3 is 2.78 bits per heavy atom. The average molecular weight is 363 g/mol. The Labute approximate surface area is 157 Å². The summed E-state index contributed by atoms with van der Waals surface area (Å²) in [5.41, 5.74) is 8.19. The summed E-state index contributed by atoms with van der Waals surface area (Å²) >= 11 is 0. The zero-order valence-electron chi connectivity index (χ0n) is 15.1. The number of nitrogens with two attached hydrogens (primary N) is 1. The van der Waals surface area contributed by atoms with E-state index in [1.54, 1.807) is 4.57 Å². The van der Waals surface area contributed by atoms with Crippen LogP contribution in [0.4, 0.5) is 0 Å². The van der Waals surface area contributed by atoms with Gasteiger partial charge < -0.3 is 19.8 Å². The van der Waals surface area contributed by atoms with E-state index in [0.29, 0.717) is 17.9 Å². The molecular formula is C21H21N3O3. The van der Waals surface area contributed by atoms with Gasteiger partial charge in [0.25, 0.3) is 5.56 Å². The van der Waals surface area contributed by atoms with E-state index in [1.165, 1.54) is 0 Å². The molecule has 4 rings (SSSR count). The Bertz CT molecular complexity index is 996. The second kappa shape index (κ2) is 6.93. The highest BCUT2D eigenvalue weighted by Gasteiger charge is 2.34. The van der Waals surface area contributed by atoms with E-state index in [-0.39, 0.29) is 23.1 Å². The summed E-state index contributed by atoms with van der Waals surface area (Å²) < 4.78 is 13.1. The van der Waals surface area contributed by atoms with Gasteiger partial charge in [0, 0.05) is 18.4 Å². The third-order valence-corrected chi connectivity index (χ3v) is 5.23. The van der Waals surface area contributed by atoms with Gasteiger partial charge in [-0.1, -0.05) is 30.3 Å². The van der Waals surface area contributed by atoms with Gasteiger partial charge in [-0.25, -0.2) is 0 Å². The van der Waals surface area contributed by atoms with Gasteiger partial charge in [0.15, 0.2) is 0 Å². The van der Waals surface area contributed by atoms with Crippen molar-refractivity contribution in [3.05, 3.63) is 75.0 Å². The summed E-state index contributed by atoms with van der Waals surface area (Å²) in [5, 5.41) is 9.67. The number of rotatable bonds is 3. The van der Waals surface area contributed by atoms with Crippen molar-refractivity contribution in [3.8, 4) is 11.8 Å². The Kier molecular flexibility index (Phi) is 4.46. The predicted molar refractivity (Wildman–Crippen MR) is 100 cm³/mol. The minimum Gasteiger partial charge on any atom is -0.440 e. The predicted octanol–water partition coefficient (Wildman–Crippen LogP) is 2.55. The van der Waals surface area contributed by atoms with Gasteiger partial charge in [-0.3, -0.25) is 4.79 Å². The van der Waals surface area contributed by atoms with Crippen LogP contribution in [0.3, 0.4) is 0 Å². The van der Waals surface area contributed by atoms with Crippen LogP contribution >= 0.6 is 0 Å². The molecule has 1 aromatic heterocycles. The highest BCUT2D eigenvalue weighted by molar-refractivity contribution is 5.55. The van der Waals surface area contributed by atoms with Crippen molar-refractivity contribution in [2.45, 2.75) is 38.3 Å². The number of ether oxygens (including phenoxy) is 2. The lowest BCUT2D eigenvalue weighted by molar-refractivity contribution is 0.0955. The molecule has 0 amide bonds. The molecular weight excluding hydrogens is 342 g/mol. The van der Waals surface area contributed by atoms with Crippen LogP contribution in [-0.4, -0.2) is 17.3 Å². The highest BCUT2D eigenvalue weighted by atomic mass is 16.5. The third-order valence-electron chi connectivity index (χ3n) is 5.23. The lowest BCUT2D eigenvalue weighted by Crippen LogP contribution is -2.35. The number of benzene rings is 1. The second-order valence-electron chi connectivity index (χ2n) is 6.95. The van der Waals surface area contributed by atoms with Gasteiger partial charge in [-0.05, 0) is 25.3 Å². The fraction of sp³-hybridized carbons (Fsp3) is 0.333. The molecule has 0 saturated carbocycles. The molecule has 2 aromatic rings. The van der Waals surface area contributed by atoms with Crippen molar-refractivity contribution in [1.82, 2.24) is 4.57 Å². The Morgan fingerprint density at radius 2 is 2.11 bits per heavy atom. The summed E-state index contributed by atoms with van der Waals surface area (Å²) in [6.45, 7) is 3.11. The highest BCUT2D eigenvalue weighted by Crippen LogP contribution is 2.40. The van der Waals surface area contributed by atoms with Gasteiger partial charge in [-0.15, -0.1) is 0 Å². The second-order valence-corrected chi connectivity index (χ2v) is 6.95. The van der Waals surface area contributed by atoms with Crippen molar-refractivity contribution < 1.29 is 9.47 Å². The molecule has 27 heavy (non-hydrogen) atoms. The number of nitrogens with zero attached hydrogens (tertiary/aromatic N) is 2. The fourth-order valence-corrected chi connectivity index (χ4v) is 3.88. The van der Waals surface area contributed by atoms with Crippen molar-refractivity contribution in [1.29, 1.82) is 5.26 Å². The Hall–Kier alpha value is -3.04. The van der Waals surface area contributed by atoms with Crippen LogP contribution in [0, 0.1) is 18.3 Å². The average Bonchev–Trinajstić information content (AvgIpc) is 3.18. The zero-order chi connectivity index (χ0) is 19.0. The number of fused-ring (bicyclic) bond motifs is 1. The van der Waals surface area contributed by atoms with Crippen molar-refractivity contribution in [2.24, 2.45) is 5.73 Å². The SMILES string of the molecule is Cc1cc2c(c(=O)n1CC1CCCO1)C(c1ccccc1)C(C#N)=C(N)O2. The maximum absolute atomic E-state index is 13.4. The van der Waals surface area contributed by atoms with Crippen molar-refractivity contribution in [2.75, 3.05) is 6.61 Å². The molecule has 1 saturated heterocycles. The Morgan fingerprint density at radius 1 is 1.33 bits per heavy atom. The van der Waals surface area contributed by atoms with E-state index < -0.39 is 5.92 Å². The molecule has 1 fully saturated rings. The van der Waals surface area contributed by atoms with Crippen molar-refractivity contribution in [3.63, 3.8) is 0 Å². The molecule has 0 aliphatic carbocycles. The smallest absolute Gasteiger partial charge is 0.258 e. The topological polar surface area (TPSA) is 90.3 Å². The molecule has 1 aromatic carbocycles. The summed E-state index contributed by atoms with van der Waals surface area (Å²) in [5.74, 6) is -0.0650. The number of pyridine rings is 1. The molecule has 2 N–H and O–H groups in total. The summed E-state index contributed by atoms with van der Waals surface area (Å²) in [6, 6.07) is 13.4. The molecule has 6 heteroatoms. The minimum atomic E-state index is -0.538. The molecule has 138 valence electrons. The van der Waals surface area contributed by atoms with Crippen LogP contribution in [0.5, 0.6) is 5.75 Å².